The maximum absolute atomic E-state index is 12.7. The molecule has 1 aliphatic heterocycles. The van der Waals surface area contributed by atoms with Gasteiger partial charge in [0, 0.05) is 24.2 Å². The molecule has 5 nitrogen and oxygen atoms in total. The van der Waals surface area contributed by atoms with Gasteiger partial charge in [0.2, 0.25) is 5.54 Å². The average molecular weight is 346 g/mol. The number of pyridine rings is 1. The van der Waals surface area contributed by atoms with Crippen LogP contribution in [0.15, 0.2) is 36.5 Å². The monoisotopic (exact) mass is 345 g/mol. The van der Waals surface area contributed by atoms with Gasteiger partial charge >= 0.3 is 0 Å². The van der Waals surface area contributed by atoms with Crippen molar-refractivity contribution in [3.8, 4) is 11.1 Å². The molecule has 0 radical (unpaired) electrons. The van der Waals surface area contributed by atoms with E-state index < -0.39 is 5.54 Å². The van der Waals surface area contributed by atoms with Gasteiger partial charge in [0.15, 0.2) is 0 Å². The van der Waals surface area contributed by atoms with Gasteiger partial charge in [-0.2, -0.15) is 0 Å². The van der Waals surface area contributed by atoms with Gasteiger partial charge in [0.05, 0.1) is 32.2 Å². The minimum atomic E-state index is -0.667. The fourth-order valence-electron chi connectivity index (χ4n) is 3.27. The number of likely N-dealkylation sites (N-methyl/N-ethyl adjacent to an activating group) is 1. The SMILES string of the molecule is C[C@]1(c2cccc(-c3cc(N)ncc3Cl)c2)C(=O)NCC[N+]1(C)C. The van der Waals surface area contributed by atoms with Crippen LogP contribution in [0.1, 0.15) is 12.5 Å². The summed E-state index contributed by atoms with van der Waals surface area (Å²) in [6.07, 6.45) is 1.55. The van der Waals surface area contributed by atoms with Crippen molar-refractivity contribution in [2.75, 3.05) is 32.9 Å². The summed E-state index contributed by atoms with van der Waals surface area (Å²) in [4.78, 5) is 16.7. The number of nitrogens with zero attached hydrogens (tertiary/aromatic N) is 2. The highest BCUT2D eigenvalue weighted by Crippen LogP contribution is 2.37. The Morgan fingerprint density at radius 3 is 2.79 bits per heavy atom. The summed E-state index contributed by atoms with van der Waals surface area (Å²) in [5, 5.41) is 3.53. The van der Waals surface area contributed by atoms with E-state index in [1.807, 2.05) is 31.2 Å². The number of hydrogen-bond donors (Lipinski definition) is 2. The number of rotatable bonds is 2. The van der Waals surface area contributed by atoms with E-state index in [4.69, 9.17) is 17.3 Å². The van der Waals surface area contributed by atoms with E-state index in [2.05, 4.69) is 24.4 Å². The van der Waals surface area contributed by atoms with Crippen LogP contribution in [0.2, 0.25) is 5.02 Å². The molecule has 0 saturated carbocycles. The van der Waals surface area contributed by atoms with Crippen LogP contribution < -0.4 is 11.1 Å². The molecule has 3 rings (SSSR count). The minimum absolute atomic E-state index is 0.0382. The number of nitrogens with two attached hydrogens (primary N) is 1. The van der Waals surface area contributed by atoms with E-state index in [-0.39, 0.29) is 5.91 Å². The number of anilines is 1. The fourth-order valence-corrected chi connectivity index (χ4v) is 3.48. The second kappa shape index (κ2) is 5.76. The van der Waals surface area contributed by atoms with Crippen molar-refractivity contribution in [1.29, 1.82) is 0 Å². The van der Waals surface area contributed by atoms with E-state index in [9.17, 15) is 4.79 Å². The highest BCUT2D eigenvalue weighted by molar-refractivity contribution is 6.33. The zero-order chi connectivity index (χ0) is 17.5. The Bertz CT molecular complexity index is 805. The third-order valence-electron chi connectivity index (χ3n) is 5.22. The predicted octanol–water partition coefficient (Wildman–Crippen LogP) is 2.41. The van der Waals surface area contributed by atoms with Crippen molar-refractivity contribution in [3.05, 3.63) is 47.1 Å². The summed E-state index contributed by atoms with van der Waals surface area (Å²) in [5.74, 6) is 0.453. The summed E-state index contributed by atoms with van der Waals surface area (Å²) >= 11 is 6.29. The molecular weight excluding hydrogens is 324 g/mol. The highest BCUT2D eigenvalue weighted by atomic mass is 35.5. The standard InChI is InChI=1S/C18H21ClN4O/c1-18(17(24)21-7-8-23(18,2)3)13-6-4-5-12(9-13)14-10-16(20)22-11-15(14)19/h4-6,9-11H,7-8H2,1-3H3,(H2-,20,21,22,24)/p+1/t18-/m0/s1. The van der Waals surface area contributed by atoms with Crippen LogP contribution in [-0.2, 0) is 10.3 Å². The molecular formula is C18H22ClN4O+. The van der Waals surface area contributed by atoms with Crippen molar-refractivity contribution < 1.29 is 9.28 Å². The molecule has 1 aromatic carbocycles. The summed E-state index contributed by atoms with van der Waals surface area (Å²) in [6, 6.07) is 9.68. The van der Waals surface area contributed by atoms with Crippen molar-refractivity contribution >= 4 is 23.3 Å². The van der Waals surface area contributed by atoms with Gasteiger partial charge in [-0.15, -0.1) is 0 Å². The van der Waals surface area contributed by atoms with Gasteiger partial charge in [0.1, 0.15) is 5.82 Å². The molecule has 1 aromatic heterocycles. The summed E-state index contributed by atoms with van der Waals surface area (Å²) < 4.78 is 0.592. The molecule has 0 bridgehead atoms. The number of carbonyl (C=O) groups is 1. The zero-order valence-electron chi connectivity index (χ0n) is 14.1. The number of quaternary nitrogens is 1. The lowest BCUT2D eigenvalue weighted by molar-refractivity contribution is -0.938. The fraction of sp³-hybridized carbons (Fsp3) is 0.333. The van der Waals surface area contributed by atoms with Crippen molar-refractivity contribution in [1.82, 2.24) is 10.3 Å². The number of carbonyl (C=O) groups excluding carboxylic acids is 1. The summed E-state index contributed by atoms with van der Waals surface area (Å²) in [5.41, 5.74) is 7.82. The molecule has 126 valence electrons. The number of aromatic nitrogens is 1. The molecule has 3 N–H and O–H groups in total. The van der Waals surface area contributed by atoms with Crippen LogP contribution in [-0.4, -0.2) is 42.6 Å². The second-order valence-electron chi connectivity index (χ2n) is 6.91. The van der Waals surface area contributed by atoms with E-state index >= 15 is 0 Å². The van der Waals surface area contributed by atoms with Crippen molar-refractivity contribution in [3.63, 3.8) is 0 Å². The van der Waals surface area contributed by atoms with Crippen LogP contribution in [0, 0.1) is 0 Å². The number of nitrogens with one attached hydrogen (secondary N) is 1. The Labute approximate surface area is 147 Å². The molecule has 2 aromatic rings. The second-order valence-corrected chi connectivity index (χ2v) is 7.31. The third kappa shape index (κ3) is 2.54. The predicted molar refractivity (Wildman–Crippen MR) is 96.4 cm³/mol. The number of hydrogen-bond acceptors (Lipinski definition) is 3. The Kier molecular flexibility index (Phi) is 4.01. The van der Waals surface area contributed by atoms with Crippen LogP contribution in [0.3, 0.4) is 0 Å². The molecule has 1 atom stereocenters. The Morgan fingerprint density at radius 2 is 2.08 bits per heavy atom. The van der Waals surface area contributed by atoms with Crippen LogP contribution >= 0.6 is 11.6 Å². The number of nitrogen functional groups attached to an aromatic ring is 1. The number of piperazine rings is 1. The largest absolute Gasteiger partial charge is 0.384 e. The minimum Gasteiger partial charge on any atom is -0.384 e. The van der Waals surface area contributed by atoms with Gasteiger partial charge in [-0.05, 0) is 17.7 Å². The zero-order valence-corrected chi connectivity index (χ0v) is 14.9. The molecule has 1 fully saturated rings. The summed E-state index contributed by atoms with van der Waals surface area (Å²) in [6.45, 7) is 3.55. The first-order chi connectivity index (χ1) is 11.3. The van der Waals surface area contributed by atoms with Crippen molar-refractivity contribution in [2.24, 2.45) is 0 Å². The summed E-state index contributed by atoms with van der Waals surface area (Å²) in [7, 11) is 4.17. The van der Waals surface area contributed by atoms with E-state index in [0.29, 0.717) is 21.9 Å². The topological polar surface area (TPSA) is 68.0 Å². The number of benzene rings is 1. The average Bonchev–Trinajstić information content (AvgIpc) is 2.55. The van der Waals surface area contributed by atoms with Crippen LogP contribution in [0.4, 0.5) is 5.82 Å². The third-order valence-corrected chi connectivity index (χ3v) is 5.52. The molecule has 0 spiro atoms. The van der Waals surface area contributed by atoms with Crippen molar-refractivity contribution in [2.45, 2.75) is 12.5 Å². The lowest BCUT2D eigenvalue weighted by Crippen LogP contribution is -2.68. The van der Waals surface area contributed by atoms with Crippen LogP contribution in [0.25, 0.3) is 11.1 Å². The maximum atomic E-state index is 12.7. The van der Waals surface area contributed by atoms with Gasteiger partial charge in [-0.25, -0.2) is 4.98 Å². The number of halogens is 1. The van der Waals surface area contributed by atoms with E-state index in [1.165, 1.54) is 0 Å². The van der Waals surface area contributed by atoms with Gasteiger partial charge in [-0.1, -0.05) is 29.8 Å². The molecule has 0 aliphatic carbocycles. The lowest BCUT2D eigenvalue weighted by atomic mass is 9.84. The van der Waals surface area contributed by atoms with Gasteiger partial charge in [-0.3, -0.25) is 4.79 Å². The quantitative estimate of drug-likeness (QED) is 0.821. The van der Waals surface area contributed by atoms with Crippen LogP contribution in [0.5, 0.6) is 0 Å². The van der Waals surface area contributed by atoms with E-state index in [0.717, 1.165) is 23.2 Å². The van der Waals surface area contributed by atoms with E-state index in [1.54, 1.807) is 12.3 Å². The Morgan fingerprint density at radius 1 is 1.33 bits per heavy atom. The molecule has 1 amide bonds. The Balaban J connectivity index is 2.14. The normalized spacial score (nSPS) is 22.9. The lowest BCUT2D eigenvalue weighted by Gasteiger charge is -2.48. The molecule has 24 heavy (non-hydrogen) atoms. The maximum Gasteiger partial charge on any atom is 0.286 e. The first-order valence-corrected chi connectivity index (χ1v) is 8.27. The van der Waals surface area contributed by atoms with Gasteiger partial charge in [0.25, 0.3) is 5.91 Å². The molecule has 1 aliphatic rings. The van der Waals surface area contributed by atoms with Gasteiger partial charge < -0.3 is 15.5 Å². The molecule has 6 heteroatoms. The molecule has 2 heterocycles. The first-order valence-electron chi connectivity index (χ1n) is 7.89. The highest BCUT2D eigenvalue weighted by Gasteiger charge is 2.52. The number of amides is 1. The smallest absolute Gasteiger partial charge is 0.286 e. The molecule has 0 unspecified atom stereocenters. The molecule has 1 saturated heterocycles. The first kappa shape index (κ1) is 16.7. The Hall–Kier alpha value is -2.11.